The summed E-state index contributed by atoms with van der Waals surface area (Å²) in [5.41, 5.74) is 6.70. The first-order chi connectivity index (χ1) is 6.15. The molecule has 2 N–H and O–H groups in total. The summed E-state index contributed by atoms with van der Waals surface area (Å²) in [7, 11) is 0. The molecule has 1 saturated carbocycles. The van der Waals surface area contributed by atoms with Crippen LogP contribution in [0, 0.1) is 0 Å². The van der Waals surface area contributed by atoms with Gasteiger partial charge in [-0.2, -0.15) is 0 Å². The summed E-state index contributed by atoms with van der Waals surface area (Å²) in [6, 6.07) is 3.77. The minimum atomic E-state index is -0.0814. The highest BCUT2D eigenvalue weighted by Crippen LogP contribution is 2.48. The Hall–Kier alpha value is -0.670. The quantitative estimate of drug-likeness (QED) is 0.603. The molecule has 0 saturated heterocycles. The molecule has 0 radical (unpaired) electrons. The molecule has 4 heteroatoms. The zero-order valence-electron chi connectivity index (χ0n) is 6.96. The lowest BCUT2D eigenvalue weighted by Gasteiger charge is -2.13. The van der Waals surface area contributed by atoms with Crippen LogP contribution in [0.4, 0.5) is 0 Å². The Bertz CT molecular complexity index is 360. The van der Waals surface area contributed by atoms with Crippen LogP contribution < -0.4 is 5.73 Å². The van der Waals surface area contributed by atoms with Crippen LogP contribution in [0.5, 0.6) is 0 Å². The van der Waals surface area contributed by atoms with Gasteiger partial charge in [-0.3, -0.25) is 0 Å². The lowest BCUT2D eigenvalue weighted by Crippen LogP contribution is -2.26. The second kappa shape index (κ2) is 2.93. The molecule has 1 aliphatic carbocycles. The van der Waals surface area contributed by atoms with E-state index in [2.05, 4.69) is 4.98 Å². The molecule has 0 aliphatic heterocycles. The van der Waals surface area contributed by atoms with E-state index in [1.165, 1.54) is 0 Å². The van der Waals surface area contributed by atoms with Crippen LogP contribution in [0.15, 0.2) is 18.3 Å². The van der Waals surface area contributed by atoms with Gasteiger partial charge in [0.1, 0.15) is 5.15 Å². The Morgan fingerprint density at radius 3 is 2.77 bits per heavy atom. The number of halogens is 1. The van der Waals surface area contributed by atoms with Crippen molar-refractivity contribution in [2.75, 3.05) is 0 Å². The van der Waals surface area contributed by atoms with Crippen molar-refractivity contribution in [3.8, 4) is 0 Å². The van der Waals surface area contributed by atoms with Gasteiger partial charge in [-0.25, -0.2) is 4.98 Å². The highest BCUT2D eigenvalue weighted by atomic mass is 35.5. The Kier molecular flexibility index (Phi) is 2.00. The van der Waals surface area contributed by atoms with E-state index in [-0.39, 0.29) is 5.41 Å². The van der Waals surface area contributed by atoms with Crippen LogP contribution in [-0.2, 0) is 5.41 Å². The van der Waals surface area contributed by atoms with E-state index in [4.69, 9.17) is 29.6 Å². The van der Waals surface area contributed by atoms with Gasteiger partial charge in [0.2, 0.25) is 0 Å². The second-order valence-corrected chi connectivity index (χ2v) is 4.14. The van der Waals surface area contributed by atoms with E-state index in [0.717, 1.165) is 18.4 Å². The molecular formula is C9H9ClN2S. The normalized spacial score (nSPS) is 18.2. The molecule has 1 fully saturated rings. The molecule has 0 bridgehead atoms. The van der Waals surface area contributed by atoms with Crippen molar-refractivity contribution < 1.29 is 0 Å². The van der Waals surface area contributed by atoms with Crippen LogP contribution in [0.1, 0.15) is 18.4 Å². The smallest absolute Gasteiger partial charge is 0.129 e. The van der Waals surface area contributed by atoms with E-state index >= 15 is 0 Å². The standard InChI is InChI=1S/C9H9ClN2S/c10-7-5-6(1-4-12-7)9(2-3-9)8(11)13/h1,4-5H,2-3H2,(H2,11,13). The zero-order valence-corrected chi connectivity index (χ0v) is 8.53. The third-order valence-corrected chi connectivity index (χ3v) is 3.10. The van der Waals surface area contributed by atoms with E-state index < -0.39 is 0 Å². The third-order valence-electron chi connectivity index (χ3n) is 2.50. The van der Waals surface area contributed by atoms with Crippen LogP contribution >= 0.6 is 23.8 Å². The number of rotatable bonds is 2. The molecule has 1 heterocycles. The van der Waals surface area contributed by atoms with Gasteiger partial charge in [-0.05, 0) is 30.5 Å². The van der Waals surface area contributed by atoms with Crippen molar-refractivity contribution in [2.24, 2.45) is 5.73 Å². The number of nitrogens with zero attached hydrogens (tertiary/aromatic N) is 1. The Balaban J connectivity index is 2.41. The van der Waals surface area contributed by atoms with Crippen molar-refractivity contribution >= 4 is 28.8 Å². The number of aromatic nitrogens is 1. The first-order valence-corrected chi connectivity index (χ1v) is 4.86. The van der Waals surface area contributed by atoms with Crippen LogP contribution in [0.25, 0.3) is 0 Å². The number of thiocarbonyl (C=S) groups is 1. The van der Waals surface area contributed by atoms with Crippen LogP contribution in [0.2, 0.25) is 5.15 Å². The topological polar surface area (TPSA) is 38.9 Å². The molecule has 0 spiro atoms. The van der Waals surface area contributed by atoms with Gasteiger partial charge in [0.15, 0.2) is 0 Å². The lowest BCUT2D eigenvalue weighted by atomic mass is 9.97. The lowest BCUT2D eigenvalue weighted by molar-refractivity contribution is 0.948. The molecule has 13 heavy (non-hydrogen) atoms. The first kappa shape index (κ1) is 8.91. The fourth-order valence-electron chi connectivity index (χ4n) is 1.50. The third kappa shape index (κ3) is 1.42. The number of hydrogen-bond donors (Lipinski definition) is 1. The van der Waals surface area contributed by atoms with E-state index in [0.29, 0.717) is 10.1 Å². The predicted octanol–water partition coefficient (Wildman–Crippen LogP) is 2.05. The van der Waals surface area contributed by atoms with Gasteiger partial charge in [-0.15, -0.1) is 0 Å². The molecule has 68 valence electrons. The Morgan fingerprint density at radius 2 is 2.31 bits per heavy atom. The van der Waals surface area contributed by atoms with Gasteiger partial charge in [0.25, 0.3) is 0 Å². The van der Waals surface area contributed by atoms with Gasteiger partial charge in [0, 0.05) is 11.6 Å². The largest absolute Gasteiger partial charge is 0.393 e. The maximum absolute atomic E-state index is 5.79. The number of hydrogen-bond acceptors (Lipinski definition) is 2. The van der Waals surface area contributed by atoms with Crippen LogP contribution in [0.3, 0.4) is 0 Å². The average Bonchev–Trinajstić information content (AvgIpc) is 2.83. The minimum Gasteiger partial charge on any atom is -0.393 e. The maximum atomic E-state index is 5.79. The molecule has 1 aromatic rings. The zero-order chi connectivity index (χ0) is 9.47. The van der Waals surface area contributed by atoms with E-state index in [1.807, 2.05) is 12.1 Å². The Morgan fingerprint density at radius 1 is 1.62 bits per heavy atom. The van der Waals surface area contributed by atoms with Gasteiger partial charge < -0.3 is 5.73 Å². The molecular weight excluding hydrogens is 204 g/mol. The average molecular weight is 213 g/mol. The first-order valence-electron chi connectivity index (χ1n) is 4.07. The summed E-state index contributed by atoms with van der Waals surface area (Å²) in [6.45, 7) is 0. The molecule has 2 nitrogen and oxygen atoms in total. The highest BCUT2D eigenvalue weighted by Gasteiger charge is 2.47. The number of pyridine rings is 1. The van der Waals surface area contributed by atoms with E-state index in [9.17, 15) is 0 Å². The highest BCUT2D eigenvalue weighted by molar-refractivity contribution is 7.80. The molecule has 0 aromatic carbocycles. The summed E-state index contributed by atoms with van der Waals surface area (Å²) in [6.07, 6.45) is 3.75. The Labute approximate surface area is 87.1 Å². The van der Waals surface area contributed by atoms with Crippen molar-refractivity contribution in [1.82, 2.24) is 4.98 Å². The summed E-state index contributed by atoms with van der Waals surface area (Å²) in [4.78, 5) is 4.49. The molecule has 0 amide bonds. The SMILES string of the molecule is NC(=S)C1(c2ccnc(Cl)c2)CC1. The summed E-state index contributed by atoms with van der Waals surface area (Å²) in [5, 5.41) is 0.500. The number of nitrogens with two attached hydrogens (primary N) is 1. The molecule has 2 rings (SSSR count). The molecule has 0 atom stereocenters. The van der Waals surface area contributed by atoms with Gasteiger partial charge >= 0.3 is 0 Å². The summed E-state index contributed by atoms with van der Waals surface area (Å²) in [5.74, 6) is 0. The molecule has 1 aliphatic rings. The summed E-state index contributed by atoms with van der Waals surface area (Å²) < 4.78 is 0. The summed E-state index contributed by atoms with van der Waals surface area (Å²) >= 11 is 10.8. The van der Waals surface area contributed by atoms with Crippen molar-refractivity contribution in [2.45, 2.75) is 18.3 Å². The van der Waals surface area contributed by atoms with Crippen molar-refractivity contribution in [1.29, 1.82) is 0 Å². The fraction of sp³-hybridized carbons (Fsp3) is 0.333. The maximum Gasteiger partial charge on any atom is 0.129 e. The van der Waals surface area contributed by atoms with Gasteiger partial charge in [0.05, 0.1) is 4.99 Å². The fourth-order valence-corrected chi connectivity index (χ4v) is 2.00. The molecule has 1 aromatic heterocycles. The van der Waals surface area contributed by atoms with Gasteiger partial charge in [-0.1, -0.05) is 23.8 Å². The van der Waals surface area contributed by atoms with Crippen molar-refractivity contribution in [3.05, 3.63) is 29.0 Å². The minimum absolute atomic E-state index is 0.0814. The molecule has 0 unspecified atom stereocenters. The van der Waals surface area contributed by atoms with E-state index in [1.54, 1.807) is 6.20 Å². The van der Waals surface area contributed by atoms with Crippen molar-refractivity contribution in [3.63, 3.8) is 0 Å². The van der Waals surface area contributed by atoms with Crippen LogP contribution in [-0.4, -0.2) is 9.97 Å². The predicted molar refractivity (Wildman–Crippen MR) is 56.9 cm³/mol. The monoisotopic (exact) mass is 212 g/mol. The second-order valence-electron chi connectivity index (χ2n) is 3.31.